The Labute approximate surface area is 100 Å². The first-order chi connectivity index (χ1) is 8.29. The summed E-state index contributed by atoms with van der Waals surface area (Å²) in [6.45, 7) is 0. The van der Waals surface area contributed by atoms with Gasteiger partial charge in [-0.15, -0.1) is 0 Å². The molecule has 0 bridgehead atoms. The van der Waals surface area contributed by atoms with Crippen molar-refractivity contribution in [3.05, 3.63) is 23.8 Å². The summed E-state index contributed by atoms with van der Waals surface area (Å²) in [5.74, 6) is -3.16. The van der Waals surface area contributed by atoms with Gasteiger partial charge in [-0.3, -0.25) is 4.79 Å². The second kappa shape index (κ2) is 4.08. The third kappa shape index (κ3) is 2.20. The minimum atomic E-state index is -4.72. The first kappa shape index (κ1) is 12.5. The van der Waals surface area contributed by atoms with E-state index >= 15 is 0 Å². The van der Waals surface area contributed by atoms with Gasteiger partial charge in [-0.05, 0) is 30.2 Å². The van der Waals surface area contributed by atoms with E-state index in [1.165, 1.54) is 18.2 Å². The zero-order valence-electron chi connectivity index (χ0n) is 9.07. The molecule has 0 amide bonds. The molecule has 1 aliphatic rings. The van der Waals surface area contributed by atoms with E-state index in [0.29, 0.717) is 11.3 Å². The molecule has 0 unspecified atom stereocenters. The molecule has 0 saturated carbocycles. The third-order valence-electron chi connectivity index (χ3n) is 2.78. The Morgan fingerprint density at radius 1 is 1.44 bits per heavy atom. The highest BCUT2D eigenvalue weighted by Crippen LogP contribution is 2.38. The summed E-state index contributed by atoms with van der Waals surface area (Å²) < 4.78 is 42.9. The molecular formula is C11H10F3NO3. The highest BCUT2D eigenvalue weighted by Gasteiger charge is 2.52. The van der Waals surface area contributed by atoms with Crippen LogP contribution in [0.25, 0.3) is 0 Å². The van der Waals surface area contributed by atoms with Crippen LogP contribution >= 0.6 is 0 Å². The number of carbonyl (C=O) groups is 1. The van der Waals surface area contributed by atoms with Gasteiger partial charge >= 0.3 is 12.1 Å². The quantitative estimate of drug-likeness (QED) is 0.756. The Balaban J connectivity index is 2.40. The molecule has 0 aliphatic carbocycles. The van der Waals surface area contributed by atoms with E-state index in [0.717, 1.165) is 0 Å². The van der Waals surface area contributed by atoms with Crippen LogP contribution in [-0.4, -0.2) is 23.4 Å². The molecule has 0 spiro atoms. The molecule has 2 rings (SSSR count). The fourth-order valence-corrected chi connectivity index (χ4v) is 1.95. The molecule has 1 heterocycles. The number of ether oxygens (including phenoxy) is 1. The van der Waals surface area contributed by atoms with Crippen LogP contribution in [0.2, 0.25) is 0 Å². The highest BCUT2D eigenvalue weighted by molar-refractivity contribution is 5.72. The fourth-order valence-electron chi connectivity index (χ4n) is 1.95. The number of anilines is 1. The van der Waals surface area contributed by atoms with Crippen molar-refractivity contribution in [2.45, 2.75) is 18.7 Å². The van der Waals surface area contributed by atoms with Gasteiger partial charge in [0.05, 0.1) is 0 Å². The van der Waals surface area contributed by atoms with E-state index in [9.17, 15) is 18.0 Å². The smallest absolute Gasteiger partial charge is 0.426 e. The average molecular weight is 261 g/mol. The zero-order chi connectivity index (χ0) is 13.5. The summed E-state index contributed by atoms with van der Waals surface area (Å²) in [4.78, 5) is 10.9. The number of nitrogens with two attached hydrogens (primary N) is 1. The number of benzene rings is 1. The first-order valence-electron chi connectivity index (χ1n) is 5.13. The van der Waals surface area contributed by atoms with Gasteiger partial charge < -0.3 is 15.6 Å². The van der Waals surface area contributed by atoms with Crippen molar-refractivity contribution in [1.29, 1.82) is 0 Å². The molecule has 0 radical (unpaired) electrons. The lowest BCUT2D eigenvalue weighted by Crippen LogP contribution is -2.47. The van der Waals surface area contributed by atoms with Crippen molar-refractivity contribution >= 4 is 11.7 Å². The predicted octanol–water partition coefficient (Wildman–Crippen LogP) is 1.84. The number of fused-ring (bicyclic) bond motifs is 1. The maximum absolute atomic E-state index is 12.7. The summed E-state index contributed by atoms with van der Waals surface area (Å²) in [5, 5.41) is 8.86. The van der Waals surface area contributed by atoms with Crippen molar-refractivity contribution in [1.82, 2.24) is 0 Å². The van der Waals surface area contributed by atoms with Crippen LogP contribution in [0.15, 0.2) is 18.2 Å². The number of halogens is 3. The molecule has 2 atom stereocenters. The lowest BCUT2D eigenvalue weighted by molar-refractivity contribution is -0.217. The van der Waals surface area contributed by atoms with E-state index in [2.05, 4.69) is 0 Å². The monoisotopic (exact) mass is 261 g/mol. The van der Waals surface area contributed by atoms with Gasteiger partial charge in [-0.25, -0.2) is 0 Å². The van der Waals surface area contributed by atoms with Crippen LogP contribution in [0.3, 0.4) is 0 Å². The molecule has 0 fully saturated rings. The summed E-state index contributed by atoms with van der Waals surface area (Å²) in [5.41, 5.74) is 6.23. The summed E-state index contributed by atoms with van der Waals surface area (Å²) in [6, 6.07) is 4.16. The zero-order valence-corrected chi connectivity index (χ0v) is 9.07. The van der Waals surface area contributed by atoms with Crippen molar-refractivity contribution in [3.8, 4) is 5.75 Å². The molecule has 7 heteroatoms. The average Bonchev–Trinajstić information content (AvgIpc) is 2.25. The van der Waals surface area contributed by atoms with Gasteiger partial charge in [0.15, 0.2) is 0 Å². The molecule has 1 aromatic rings. The second-order valence-corrected chi connectivity index (χ2v) is 4.10. The molecule has 18 heavy (non-hydrogen) atoms. The van der Waals surface area contributed by atoms with Gasteiger partial charge in [0.1, 0.15) is 11.7 Å². The van der Waals surface area contributed by atoms with Crippen molar-refractivity contribution in [2.75, 3.05) is 5.73 Å². The van der Waals surface area contributed by atoms with E-state index in [4.69, 9.17) is 15.6 Å². The van der Waals surface area contributed by atoms with Crippen LogP contribution in [-0.2, 0) is 11.2 Å². The number of hydrogen-bond donors (Lipinski definition) is 2. The molecule has 0 saturated heterocycles. The van der Waals surface area contributed by atoms with E-state index in [1.807, 2.05) is 0 Å². The maximum atomic E-state index is 12.7. The normalized spacial score (nSPS) is 23.1. The molecule has 1 aliphatic heterocycles. The van der Waals surface area contributed by atoms with Gasteiger partial charge in [0, 0.05) is 5.69 Å². The lowest BCUT2D eigenvalue weighted by atomic mass is 9.90. The first-order valence-corrected chi connectivity index (χ1v) is 5.13. The van der Waals surface area contributed by atoms with Crippen LogP contribution in [0.4, 0.5) is 18.9 Å². The number of carboxylic acid groups (broad SMARTS) is 1. The minimum absolute atomic E-state index is 0.0315. The largest absolute Gasteiger partial charge is 0.481 e. The topological polar surface area (TPSA) is 72.6 Å². The summed E-state index contributed by atoms with van der Waals surface area (Å²) in [6.07, 6.45) is -7.30. The molecule has 98 valence electrons. The van der Waals surface area contributed by atoms with Crippen LogP contribution < -0.4 is 10.5 Å². The Morgan fingerprint density at radius 2 is 2.11 bits per heavy atom. The Bertz CT molecular complexity index is 487. The van der Waals surface area contributed by atoms with Crippen molar-refractivity contribution in [2.24, 2.45) is 5.92 Å². The Hall–Kier alpha value is -1.92. The molecular weight excluding hydrogens is 251 g/mol. The third-order valence-corrected chi connectivity index (χ3v) is 2.78. The number of rotatable bonds is 1. The van der Waals surface area contributed by atoms with E-state index < -0.39 is 24.2 Å². The SMILES string of the molecule is Nc1ccc2c(c1)C[C@@H](C(=O)O)[C@H](C(F)(F)F)O2. The molecule has 0 aromatic heterocycles. The number of carboxylic acids is 1. The maximum Gasteiger partial charge on any atom is 0.426 e. The van der Waals surface area contributed by atoms with E-state index in [1.54, 1.807) is 0 Å². The van der Waals surface area contributed by atoms with Gasteiger partial charge in [0.25, 0.3) is 0 Å². The van der Waals surface area contributed by atoms with Crippen molar-refractivity contribution in [3.63, 3.8) is 0 Å². The Kier molecular flexibility index (Phi) is 2.84. The lowest BCUT2D eigenvalue weighted by Gasteiger charge is -2.32. The number of hydrogen-bond acceptors (Lipinski definition) is 3. The predicted molar refractivity (Wildman–Crippen MR) is 56.2 cm³/mol. The molecule has 3 N–H and O–H groups in total. The highest BCUT2D eigenvalue weighted by atomic mass is 19.4. The van der Waals surface area contributed by atoms with Crippen LogP contribution in [0, 0.1) is 5.92 Å². The minimum Gasteiger partial charge on any atom is -0.481 e. The number of nitrogen functional groups attached to an aromatic ring is 1. The molecule has 4 nitrogen and oxygen atoms in total. The summed E-state index contributed by atoms with van der Waals surface area (Å²) in [7, 11) is 0. The Morgan fingerprint density at radius 3 is 2.67 bits per heavy atom. The number of alkyl halides is 3. The van der Waals surface area contributed by atoms with Crippen molar-refractivity contribution < 1.29 is 27.8 Å². The van der Waals surface area contributed by atoms with Gasteiger partial charge in [-0.1, -0.05) is 0 Å². The van der Waals surface area contributed by atoms with E-state index in [-0.39, 0.29) is 12.2 Å². The fraction of sp³-hybridized carbons (Fsp3) is 0.364. The standard InChI is InChI=1S/C11H10F3NO3/c12-11(13,14)9-7(10(16)17)4-5-3-6(15)1-2-8(5)18-9/h1-3,7,9H,4,15H2,(H,16,17)/t7-,9-/m1/s1. The second-order valence-electron chi connectivity index (χ2n) is 4.10. The summed E-state index contributed by atoms with van der Waals surface area (Å²) >= 11 is 0. The number of aliphatic carboxylic acids is 1. The van der Waals surface area contributed by atoms with Crippen LogP contribution in [0.5, 0.6) is 5.75 Å². The molecule has 1 aromatic carbocycles. The van der Waals surface area contributed by atoms with Gasteiger partial charge in [-0.2, -0.15) is 13.2 Å². The van der Waals surface area contributed by atoms with Gasteiger partial charge in [0.2, 0.25) is 6.10 Å². The van der Waals surface area contributed by atoms with Crippen LogP contribution in [0.1, 0.15) is 5.56 Å².